The maximum Gasteiger partial charge on any atom is 0.117 e. The zero-order valence-electron chi connectivity index (χ0n) is 10.2. The number of nitrogens with one attached hydrogen (secondary N) is 1. The average Bonchev–Trinajstić information content (AvgIpc) is 2.88. The first-order valence-corrected chi connectivity index (χ1v) is 6.14. The Morgan fingerprint density at radius 1 is 1.12 bits per heavy atom. The van der Waals surface area contributed by atoms with E-state index in [1.165, 1.54) is 5.56 Å². The van der Waals surface area contributed by atoms with E-state index in [0.29, 0.717) is 6.04 Å². The maximum atomic E-state index is 5.28. The van der Waals surface area contributed by atoms with Crippen molar-refractivity contribution >= 4 is 0 Å². The van der Waals surface area contributed by atoms with E-state index in [1.54, 1.807) is 6.26 Å². The van der Waals surface area contributed by atoms with E-state index >= 15 is 0 Å². The molecular weight excluding hydrogens is 210 g/mol. The summed E-state index contributed by atoms with van der Waals surface area (Å²) in [5.74, 6) is 0.997. The van der Waals surface area contributed by atoms with Crippen LogP contribution in [0.5, 0.6) is 0 Å². The summed E-state index contributed by atoms with van der Waals surface area (Å²) >= 11 is 0. The van der Waals surface area contributed by atoms with Crippen molar-refractivity contribution in [1.82, 2.24) is 5.32 Å². The van der Waals surface area contributed by atoms with Crippen molar-refractivity contribution in [2.45, 2.75) is 32.4 Å². The first kappa shape index (κ1) is 11.9. The Labute approximate surface area is 103 Å². The standard InChI is InChI=1S/C15H19NO/c1-13(16-12-15-8-5-11-17-15)9-10-14-6-3-2-4-7-14/h2-8,11,13,16H,9-10,12H2,1H3/t13-/m0/s1. The number of hydrogen-bond acceptors (Lipinski definition) is 2. The van der Waals surface area contributed by atoms with Gasteiger partial charge in [0.05, 0.1) is 12.8 Å². The van der Waals surface area contributed by atoms with Gasteiger partial charge in [-0.2, -0.15) is 0 Å². The van der Waals surface area contributed by atoms with E-state index in [0.717, 1.165) is 25.1 Å². The van der Waals surface area contributed by atoms with Gasteiger partial charge in [0.25, 0.3) is 0 Å². The Hall–Kier alpha value is -1.54. The van der Waals surface area contributed by atoms with Gasteiger partial charge in [0.1, 0.15) is 5.76 Å². The summed E-state index contributed by atoms with van der Waals surface area (Å²) in [6.45, 7) is 3.02. The zero-order valence-corrected chi connectivity index (χ0v) is 10.2. The van der Waals surface area contributed by atoms with Gasteiger partial charge >= 0.3 is 0 Å². The maximum absolute atomic E-state index is 5.28. The molecule has 0 aliphatic carbocycles. The largest absolute Gasteiger partial charge is 0.468 e. The molecule has 1 heterocycles. The second-order valence-corrected chi connectivity index (χ2v) is 4.39. The lowest BCUT2D eigenvalue weighted by molar-refractivity contribution is 0.443. The molecule has 0 saturated heterocycles. The second kappa shape index (κ2) is 6.26. The minimum atomic E-state index is 0.500. The van der Waals surface area contributed by atoms with Gasteiger partial charge in [0, 0.05) is 6.04 Å². The second-order valence-electron chi connectivity index (χ2n) is 4.39. The van der Waals surface area contributed by atoms with E-state index in [-0.39, 0.29) is 0 Å². The molecule has 1 atom stereocenters. The van der Waals surface area contributed by atoms with Gasteiger partial charge in [0.15, 0.2) is 0 Å². The Morgan fingerprint density at radius 2 is 1.94 bits per heavy atom. The highest BCUT2D eigenvalue weighted by Gasteiger charge is 2.03. The minimum absolute atomic E-state index is 0.500. The molecule has 2 rings (SSSR count). The van der Waals surface area contributed by atoms with Crippen LogP contribution >= 0.6 is 0 Å². The van der Waals surface area contributed by atoms with Crippen LogP contribution in [0, 0.1) is 0 Å². The monoisotopic (exact) mass is 229 g/mol. The fourth-order valence-corrected chi connectivity index (χ4v) is 1.82. The topological polar surface area (TPSA) is 25.2 Å². The molecule has 0 saturated carbocycles. The van der Waals surface area contributed by atoms with Gasteiger partial charge in [-0.1, -0.05) is 30.3 Å². The number of aryl methyl sites for hydroxylation is 1. The number of furan rings is 1. The lowest BCUT2D eigenvalue weighted by Crippen LogP contribution is -2.25. The molecule has 0 aliphatic heterocycles. The SMILES string of the molecule is C[C@@H](CCc1ccccc1)NCc1ccco1. The molecular formula is C15H19NO. The highest BCUT2D eigenvalue weighted by Crippen LogP contribution is 2.06. The fraction of sp³-hybridized carbons (Fsp3) is 0.333. The summed E-state index contributed by atoms with van der Waals surface area (Å²) in [5, 5.41) is 3.46. The summed E-state index contributed by atoms with van der Waals surface area (Å²) in [6, 6.07) is 15.0. The average molecular weight is 229 g/mol. The molecule has 0 fully saturated rings. The third-order valence-electron chi connectivity index (χ3n) is 2.91. The predicted molar refractivity (Wildman–Crippen MR) is 69.8 cm³/mol. The van der Waals surface area contributed by atoms with E-state index < -0.39 is 0 Å². The van der Waals surface area contributed by atoms with Crippen LogP contribution in [-0.2, 0) is 13.0 Å². The Bertz CT molecular complexity index is 408. The summed E-state index contributed by atoms with van der Waals surface area (Å²) in [5.41, 5.74) is 1.40. The summed E-state index contributed by atoms with van der Waals surface area (Å²) in [4.78, 5) is 0. The molecule has 1 aromatic heterocycles. The third-order valence-corrected chi connectivity index (χ3v) is 2.91. The van der Waals surface area contributed by atoms with Crippen LogP contribution in [0.25, 0.3) is 0 Å². The normalized spacial score (nSPS) is 12.5. The van der Waals surface area contributed by atoms with E-state index in [9.17, 15) is 0 Å². The van der Waals surface area contributed by atoms with Crippen molar-refractivity contribution in [3.05, 3.63) is 60.1 Å². The number of hydrogen-bond donors (Lipinski definition) is 1. The molecule has 1 aromatic carbocycles. The molecule has 0 aliphatic rings. The Balaban J connectivity index is 1.69. The van der Waals surface area contributed by atoms with Gasteiger partial charge in [-0.15, -0.1) is 0 Å². The van der Waals surface area contributed by atoms with Crippen molar-refractivity contribution in [1.29, 1.82) is 0 Å². The zero-order chi connectivity index (χ0) is 11.9. The Kier molecular flexibility index (Phi) is 4.39. The molecule has 0 spiro atoms. The highest BCUT2D eigenvalue weighted by atomic mass is 16.3. The van der Waals surface area contributed by atoms with Crippen LogP contribution in [-0.4, -0.2) is 6.04 Å². The molecule has 0 bridgehead atoms. The molecule has 0 radical (unpaired) electrons. The summed E-state index contributed by atoms with van der Waals surface area (Å²) in [6.07, 6.45) is 3.98. The molecule has 17 heavy (non-hydrogen) atoms. The van der Waals surface area contributed by atoms with Gasteiger partial charge < -0.3 is 9.73 Å². The number of benzene rings is 1. The van der Waals surface area contributed by atoms with E-state index in [4.69, 9.17) is 4.42 Å². The van der Waals surface area contributed by atoms with Crippen molar-refractivity contribution in [3.8, 4) is 0 Å². The van der Waals surface area contributed by atoms with Crippen LogP contribution in [0.2, 0.25) is 0 Å². The molecule has 0 amide bonds. The van der Waals surface area contributed by atoms with Gasteiger partial charge in [-0.25, -0.2) is 0 Å². The lowest BCUT2D eigenvalue weighted by atomic mass is 10.1. The molecule has 2 heteroatoms. The van der Waals surface area contributed by atoms with Crippen LogP contribution in [0.4, 0.5) is 0 Å². The van der Waals surface area contributed by atoms with Gasteiger partial charge in [0.2, 0.25) is 0 Å². The fourth-order valence-electron chi connectivity index (χ4n) is 1.82. The third kappa shape index (κ3) is 4.08. The van der Waals surface area contributed by atoms with Crippen LogP contribution in [0.1, 0.15) is 24.7 Å². The molecule has 1 N–H and O–H groups in total. The summed E-state index contributed by atoms with van der Waals surface area (Å²) in [7, 11) is 0. The van der Waals surface area contributed by atoms with Crippen LogP contribution < -0.4 is 5.32 Å². The molecule has 2 aromatic rings. The quantitative estimate of drug-likeness (QED) is 0.821. The van der Waals surface area contributed by atoms with E-state index in [2.05, 4.69) is 42.6 Å². The van der Waals surface area contributed by atoms with Crippen LogP contribution in [0.3, 0.4) is 0 Å². The van der Waals surface area contributed by atoms with Crippen molar-refractivity contribution in [2.75, 3.05) is 0 Å². The van der Waals surface area contributed by atoms with Gasteiger partial charge in [-0.3, -0.25) is 0 Å². The molecule has 0 unspecified atom stereocenters. The van der Waals surface area contributed by atoms with Crippen LogP contribution in [0.15, 0.2) is 53.1 Å². The van der Waals surface area contributed by atoms with E-state index in [1.807, 2.05) is 12.1 Å². The number of rotatable bonds is 6. The minimum Gasteiger partial charge on any atom is -0.468 e. The first-order valence-electron chi connectivity index (χ1n) is 6.14. The lowest BCUT2D eigenvalue weighted by Gasteiger charge is -2.12. The predicted octanol–water partition coefficient (Wildman–Crippen LogP) is 3.39. The Morgan fingerprint density at radius 3 is 2.65 bits per heavy atom. The molecule has 2 nitrogen and oxygen atoms in total. The summed E-state index contributed by atoms with van der Waals surface area (Å²) < 4.78 is 5.28. The smallest absolute Gasteiger partial charge is 0.117 e. The van der Waals surface area contributed by atoms with Crippen molar-refractivity contribution in [3.63, 3.8) is 0 Å². The molecule has 90 valence electrons. The van der Waals surface area contributed by atoms with Gasteiger partial charge in [-0.05, 0) is 37.5 Å². The highest BCUT2D eigenvalue weighted by molar-refractivity contribution is 5.14. The van der Waals surface area contributed by atoms with Crippen molar-refractivity contribution < 1.29 is 4.42 Å². The first-order chi connectivity index (χ1) is 8.34. The van der Waals surface area contributed by atoms with Crippen molar-refractivity contribution in [2.24, 2.45) is 0 Å².